The Morgan fingerprint density at radius 1 is 1.04 bits per heavy atom. The number of nitrogens with zero attached hydrogens (tertiary/aromatic N) is 1. The lowest BCUT2D eigenvalue weighted by Crippen LogP contribution is -1.96. The van der Waals surface area contributed by atoms with Crippen molar-refractivity contribution in [1.82, 2.24) is 4.98 Å². The maximum Gasteiger partial charge on any atom is 0.365 e. The molecule has 0 fully saturated rings. The van der Waals surface area contributed by atoms with Crippen molar-refractivity contribution in [2.45, 2.75) is 4.90 Å². The number of hydrogen-bond acceptors (Lipinski definition) is 5. The third-order valence-electron chi connectivity index (χ3n) is 3.47. The molecular formula is C17H12FNO4S2. The van der Waals surface area contributed by atoms with E-state index in [1.807, 2.05) is 0 Å². The third kappa shape index (κ3) is 3.59. The molecule has 5 nitrogen and oxygen atoms in total. The molecule has 0 amide bonds. The molecule has 0 radical (unpaired) electrons. The third-order valence-corrected chi connectivity index (χ3v) is 5.69. The second kappa shape index (κ2) is 6.38. The van der Waals surface area contributed by atoms with E-state index < -0.39 is 21.6 Å². The van der Waals surface area contributed by atoms with Gasteiger partial charge in [0.05, 0.1) is 15.5 Å². The molecule has 0 aliphatic rings. The smallest absolute Gasteiger partial charge is 0.365 e. The number of rotatable bonds is 4. The van der Waals surface area contributed by atoms with E-state index in [2.05, 4.69) is 4.98 Å². The van der Waals surface area contributed by atoms with Gasteiger partial charge in [-0.15, -0.1) is 11.3 Å². The minimum atomic E-state index is -3.33. The fourth-order valence-electron chi connectivity index (χ4n) is 2.26. The van der Waals surface area contributed by atoms with Crippen molar-refractivity contribution < 1.29 is 22.7 Å². The zero-order valence-electron chi connectivity index (χ0n) is 12.9. The second-order valence-corrected chi connectivity index (χ2v) is 8.32. The van der Waals surface area contributed by atoms with Crippen molar-refractivity contribution in [2.24, 2.45) is 0 Å². The zero-order valence-corrected chi connectivity index (χ0v) is 14.6. The van der Waals surface area contributed by atoms with E-state index in [1.165, 1.54) is 36.4 Å². The first-order chi connectivity index (χ1) is 11.8. The maximum absolute atomic E-state index is 13.1. The number of carbonyl (C=O) groups is 1. The van der Waals surface area contributed by atoms with Crippen molar-refractivity contribution in [1.29, 1.82) is 0 Å². The summed E-state index contributed by atoms with van der Waals surface area (Å²) in [5, 5.41) is 9.12. The van der Waals surface area contributed by atoms with Gasteiger partial charge in [0.2, 0.25) is 5.01 Å². The number of aromatic nitrogens is 1. The van der Waals surface area contributed by atoms with Crippen LogP contribution in [0.25, 0.3) is 21.7 Å². The highest BCUT2D eigenvalue weighted by Gasteiger charge is 2.19. The molecule has 0 bridgehead atoms. The van der Waals surface area contributed by atoms with E-state index in [9.17, 15) is 22.7 Å². The Bertz CT molecular complexity index is 1040. The standard InChI is InChI=1S/C17H12FNO4S2/c1-25(22,23)13-8-4-11(5-9-13)15-14(19-16(24-15)17(20)21)10-2-6-12(18)7-3-10/h2-9H,1H3,(H,20,21). The molecule has 0 aliphatic carbocycles. The lowest BCUT2D eigenvalue weighted by molar-refractivity contribution is 0.0696. The van der Waals surface area contributed by atoms with Gasteiger partial charge in [0, 0.05) is 11.8 Å². The van der Waals surface area contributed by atoms with Crippen LogP contribution in [0.3, 0.4) is 0 Å². The van der Waals surface area contributed by atoms with Crippen molar-refractivity contribution in [2.75, 3.05) is 6.26 Å². The Kier molecular flexibility index (Phi) is 4.40. The van der Waals surface area contributed by atoms with Gasteiger partial charge in [0.1, 0.15) is 5.82 Å². The van der Waals surface area contributed by atoms with Crippen LogP contribution in [-0.2, 0) is 9.84 Å². The topological polar surface area (TPSA) is 84.3 Å². The molecule has 0 saturated carbocycles. The molecule has 1 heterocycles. The van der Waals surface area contributed by atoms with Crippen LogP contribution in [0.4, 0.5) is 4.39 Å². The van der Waals surface area contributed by atoms with Crippen molar-refractivity contribution in [3.05, 3.63) is 59.4 Å². The van der Waals surface area contributed by atoms with Crippen LogP contribution in [0.5, 0.6) is 0 Å². The number of benzene rings is 2. The van der Waals surface area contributed by atoms with E-state index in [-0.39, 0.29) is 9.90 Å². The van der Waals surface area contributed by atoms with Crippen LogP contribution in [0.1, 0.15) is 9.80 Å². The largest absolute Gasteiger partial charge is 0.476 e. The van der Waals surface area contributed by atoms with Gasteiger partial charge >= 0.3 is 5.97 Å². The number of carboxylic acid groups (broad SMARTS) is 1. The Morgan fingerprint density at radius 2 is 1.60 bits per heavy atom. The van der Waals surface area contributed by atoms with E-state index in [1.54, 1.807) is 12.1 Å². The maximum atomic E-state index is 13.1. The van der Waals surface area contributed by atoms with Crippen LogP contribution in [-0.4, -0.2) is 30.7 Å². The number of thiazole rings is 1. The second-order valence-electron chi connectivity index (χ2n) is 5.31. The fraction of sp³-hybridized carbons (Fsp3) is 0.0588. The highest BCUT2D eigenvalue weighted by atomic mass is 32.2. The molecule has 0 atom stereocenters. The van der Waals surface area contributed by atoms with Gasteiger partial charge in [-0.1, -0.05) is 12.1 Å². The molecule has 0 aliphatic heterocycles. The van der Waals surface area contributed by atoms with Gasteiger partial charge in [-0.05, 0) is 42.0 Å². The summed E-state index contributed by atoms with van der Waals surface area (Å²) in [5.74, 6) is -1.57. The average molecular weight is 377 g/mol. The molecule has 2 aromatic carbocycles. The average Bonchev–Trinajstić information content (AvgIpc) is 3.00. The van der Waals surface area contributed by atoms with E-state index in [0.717, 1.165) is 17.6 Å². The first-order valence-corrected chi connectivity index (χ1v) is 9.77. The molecule has 25 heavy (non-hydrogen) atoms. The first-order valence-electron chi connectivity index (χ1n) is 7.06. The summed E-state index contributed by atoms with van der Waals surface area (Å²) in [6.45, 7) is 0. The molecule has 8 heteroatoms. The Morgan fingerprint density at radius 3 is 2.12 bits per heavy atom. The molecule has 1 N–H and O–H groups in total. The number of aromatic carboxylic acids is 1. The van der Waals surface area contributed by atoms with Gasteiger partial charge in [-0.25, -0.2) is 22.6 Å². The number of hydrogen-bond donors (Lipinski definition) is 1. The molecular weight excluding hydrogens is 365 g/mol. The Labute approximate surface area is 147 Å². The molecule has 3 rings (SSSR count). The van der Waals surface area contributed by atoms with Gasteiger partial charge in [-0.3, -0.25) is 0 Å². The molecule has 128 valence electrons. The predicted molar refractivity (Wildman–Crippen MR) is 93.0 cm³/mol. The molecule has 0 unspecified atom stereocenters. The number of sulfone groups is 1. The summed E-state index contributed by atoms with van der Waals surface area (Å²) < 4.78 is 36.3. The summed E-state index contributed by atoms with van der Waals surface area (Å²) in [7, 11) is -3.33. The van der Waals surface area contributed by atoms with Crippen LogP contribution in [0.15, 0.2) is 53.4 Å². The van der Waals surface area contributed by atoms with E-state index in [0.29, 0.717) is 21.7 Å². The van der Waals surface area contributed by atoms with Crippen LogP contribution in [0.2, 0.25) is 0 Å². The SMILES string of the molecule is CS(=O)(=O)c1ccc(-c2sc(C(=O)O)nc2-c2ccc(F)cc2)cc1. The van der Waals surface area contributed by atoms with E-state index >= 15 is 0 Å². The van der Waals surface area contributed by atoms with Gasteiger partial charge in [0.15, 0.2) is 9.84 Å². The van der Waals surface area contributed by atoms with Crippen LogP contribution < -0.4 is 0 Å². The van der Waals surface area contributed by atoms with Crippen molar-refractivity contribution in [3.63, 3.8) is 0 Å². The Hall–Kier alpha value is -2.58. The molecule has 1 aromatic heterocycles. The summed E-state index contributed by atoms with van der Waals surface area (Å²) in [6.07, 6.45) is 1.11. The molecule has 0 saturated heterocycles. The van der Waals surface area contributed by atoms with E-state index in [4.69, 9.17) is 0 Å². The minimum absolute atomic E-state index is 0.0958. The first kappa shape index (κ1) is 17.2. The van der Waals surface area contributed by atoms with Gasteiger partial charge in [0.25, 0.3) is 0 Å². The normalized spacial score (nSPS) is 11.4. The predicted octanol–water partition coefficient (Wildman–Crippen LogP) is 3.72. The summed E-state index contributed by atoms with van der Waals surface area (Å²) in [6, 6.07) is 11.7. The lowest BCUT2D eigenvalue weighted by atomic mass is 10.1. The fourth-order valence-corrected chi connectivity index (χ4v) is 3.83. The monoisotopic (exact) mass is 377 g/mol. The Balaban J connectivity index is 2.14. The number of halogens is 1. The van der Waals surface area contributed by atoms with Crippen LogP contribution >= 0.6 is 11.3 Å². The van der Waals surface area contributed by atoms with Gasteiger partial charge < -0.3 is 5.11 Å². The van der Waals surface area contributed by atoms with Gasteiger partial charge in [-0.2, -0.15) is 0 Å². The van der Waals surface area contributed by atoms with Crippen LogP contribution in [0, 0.1) is 5.82 Å². The van der Waals surface area contributed by atoms with Crippen molar-refractivity contribution in [3.8, 4) is 21.7 Å². The lowest BCUT2D eigenvalue weighted by Gasteiger charge is -2.04. The summed E-state index contributed by atoms with van der Waals surface area (Å²) >= 11 is 0.979. The minimum Gasteiger partial charge on any atom is -0.476 e. The highest BCUT2D eigenvalue weighted by molar-refractivity contribution is 7.90. The summed E-state index contributed by atoms with van der Waals surface area (Å²) in [4.78, 5) is 16.2. The summed E-state index contributed by atoms with van der Waals surface area (Å²) in [5.41, 5.74) is 1.62. The highest BCUT2D eigenvalue weighted by Crippen LogP contribution is 2.37. The molecule has 0 spiro atoms. The number of carboxylic acids is 1. The quantitative estimate of drug-likeness (QED) is 0.749. The zero-order chi connectivity index (χ0) is 18.2. The van der Waals surface area contributed by atoms with Crippen molar-refractivity contribution >= 4 is 27.1 Å². The molecule has 3 aromatic rings.